The second-order valence-corrected chi connectivity index (χ2v) is 3.65. The van der Waals surface area contributed by atoms with E-state index in [9.17, 15) is 4.79 Å². The van der Waals surface area contributed by atoms with Gasteiger partial charge in [-0.15, -0.1) is 0 Å². The number of hydrogen-bond donors (Lipinski definition) is 2. The minimum atomic E-state index is -0.747. The van der Waals surface area contributed by atoms with Crippen LogP contribution in [0, 0.1) is 12.8 Å². The average molecular weight is 208 g/mol. The molecular weight excluding hydrogens is 192 g/mol. The van der Waals surface area contributed by atoms with Crippen molar-refractivity contribution in [3.05, 3.63) is 24.0 Å². The van der Waals surface area contributed by atoms with Crippen LogP contribution in [-0.2, 0) is 4.79 Å². The van der Waals surface area contributed by atoms with Crippen LogP contribution < -0.4 is 5.32 Å². The number of aryl methyl sites for hydroxylation is 1. The molecule has 4 heteroatoms. The summed E-state index contributed by atoms with van der Waals surface area (Å²) in [6, 6.07) is 1.89. The zero-order valence-electron chi connectivity index (χ0n) is 9.03. The van der Waals surface area contributed by atoms with Gasteiger partial charge in [0, 0.05) is 24.6 Å². The van der Waals surface area contributed by atoms with Gasteiger partial charge in [-0.1, -0.05) is 6.92 Å². The Labute approximate surface area is 89.3 Å². The van der Waals surface area contributed by atoms with Crippen LogP contribution in [0.2, 0.25) is 0 Å². The molecule has 1 atom stereocenters. The van der Waals surface area contributed by atoms with Crippen LogP contribution in [0.1, 0.15) is 18.9 Å². The highest BCUT2D eigenvalue weighted by Gasteiger charge is 2.09. The lowest BCUT2D eigenvalue weighted by Crippen LogP contribution is -2.14. The molecule has 1 heterocycles. The van der Waals surface area contributed by atoms with Crippen molar-refractivity contribution in [2.75, 3.05) is 11.9 Å². The smallest absolute Gasteiger partial charge is 0.306 e. The number of aromatic nitrogens is 1. The largest absolute Gasteiger partial charge is 0.481 e. The van der Waals surface area contributed by atoms with Crippen molar-refractivity contribution in [3.8, 4) is 0 Å². The Morgan fingerprint density at radius 3 is 3.00 bits per heavy atom. The van der Waals surface area contributed by atoms with Gasteiger partial charge in [0.1, 0.15) is 0 Å². The zero-order chi connectivity index (χ0) is 11.3. The molecule has 0 radical (unpaired) electrons. The fourth-order valence-electron chi connectivity index (χ4n) is 1.22. The summed E-state index contributed by atoms with van der Waals surface area (Å²) in [6.07, 6.45) is 4.12. The Kier molecular flexibility index (Phi) is 4.09. The molecule has 15 heavy (non-hydrogen) atoms. The van der Waals surface area contributed by atoms with E-state index in [0.717, 1.165) is 11.3 Å². The number of aliphatic carboxylic acids is 1. The van der Waals surface area contributed by atoms with Gasteiger partial charge in [0.2, 0.25) is 0 Å². The first-order valence-corrected chi connectivity index (χ1v) is 4.98. The van der Waals surface area contributed by atoms with Crippen molar-refractivity contribution in [1.82, 2.24) is 4.98 Å². The molecule has 1 aromatic rings. The molecule has 0 aliphatic heterocycles. The maximum Gasteiger partial charge on any atom is 0.306 e. The van der Waals surface area contributed by atoms with Crippen LogP contribution in [-0.4, -0.2) is 22.6 Å². The molecule has 0 amide bonds. The highest BCUT2D eigenvalue weighted by atomic mass is 16.4. The summed E-state index contributed by atoms with van der Waals surface area (Å²) in [5, 5.41) is 11.9. The first kappa shape index (κ1) is 11.5. The SMILES string of the molecule is Cc1cnccc1NCCC(C)C(=O)O. The molecule has 1 unspecified atom stereocenters. The van der Waals surface area contributed by atoms with Crippen molar-refractivity contribution in [1.29, 1.82) is 0 Å². The molecule has 0 spiro atoms. The normalized spacial score (nSPS) is 12.1. The highest BCUT2D eigenvalue weighted by Crippen LogP contribution is 2.12. The number of hydrogen-bond acceptors (Lipinski definition) is 3. The Bertz CT molecular complexity index is 339. The summed E-state index contributed by atoms with van der Waals surface area (Å²) < 4.78 is 0. The van der Waals surface area contributed by atoms with Crippen molar-refractivity contribution in [2.45, 2.75) is 20.3 Å². The predicted molar refractivity (Wildman–Crippen MR) is 58.9 cm³/mol. The molecule has 1 aromatic heterocycles. The van der Waals surface area contributed by atoms with Crippen LogP contribution in [0.3, 0.4) is 0 Å². The summed E-state index contributed by atoms with van der Waals surface area (Å²) in [7, 11) is 0. The van der Waals surface area contributed by atoms with Gasteiger partial charge in [0.25, 0.3) is 0 Å². The fraction of sp³-hybridized carbons (Fsp3) is 0.455. The Hall–Kier alpha value is -1.58. The second kappa shape index (κ2) is 5.34. The molecule has 82 valence electrons. The summed E-state index contributed by atoms with van der Waals surface area (Å²) in [6.45, 7) is 4.34. The van der Waals surface area contributed by atoms with Gasteiger partial charge < -0.3 is 10.4 Å². The molecule has 0 saturated heterocycles. The number of rotatable bonds is 5. The standard InChI is InChI=1S/C11H16N2O2/c1-8(11(14)15)3-6-13-10-4-5-12-7-9(10)2/h4-5,7-8H,3,6H2,1-2H3,(H,12,13)(H,14,15). The molecule has 0 saturated carbocycles. The van der Waals surface area contributed by atoms with E-state index in [4.69, 9.17) is 5.11 Å². The van der Waals surface area contributed by atoms with E-state index in [2.05, 4.69) is 10.3 Å². The number of pyridine rings is 1. The van der Waals surface area contributed by atoms with E-state index in [1.165, 1.54) is 0 Å². The van der Waals surface area contributed by atoms with Crippen molar-refractivity contribution in [2.24, 2.45) is 5.92 Å². The zero-order valence-corrected chi connectivity index (χ0v) is 9.03. The predicted octanol–water partition coefficient (Wildman–Crippen LogP) is 1.91. The molecule has 1 rings (SSSR count). The lowest BCUT2D eigenvalue weighted by molar-refractivity contribution is -0.141. The van der Waals surface area contributed by atoms with Gasteiger partial charge in [0.15, 0.2) is 0 Å². The van der Waals surface area contributed by atoms with E-state index in [0.29, 0.717) is 13.0 Å². The highest BCUT2D eigenvalue weighted by molar-refractivity contribution is 5.69. The third-order valence-electron chi connectivity index (χ3n) is 2.33. The molecular formula is C11H16N2O2. The summed E-state index contributed by atoms with van der Waals surface area (Å²) in [4.78, 5) is 14.6. The molecule has 0 aromatic carbocycles. The molecule has 2 N–H and O–H groups in total. The Morgan fingerprint density at radius 1 is 1.67 bits per heavy atom. The van der Waals surface area contributed by atoms with Crippen LogP contribution in [0.25, 0.3) is 0 Å². The lowest BCUT2D eigenvalue weighted by Gasteiger charge is -2.10. The van der Waals surface area contributed by atoms with Crippen molar-refractivity contribution in [3.63, 3.8) is 0 Å². The number of carbonyl (C=O) groups is 1. The topological polar surface area (TPSA) is 62.2 Å². The first-order chi connectivity index (χ1) is 7.11. The maximum atomic E-state index is 10.6. The van der Waals surface area contributed by atoms with Crippen LogP contribution in [0.5, 0.6) is 0 Å². The van der Waals surface area contributed by atoms with Gasteiger partial charge >= 0.3 is 5.97 Å². The number of nitrogens with one attached hydrogen (secondary N) is 1. The lowest BCUT2D eigenvalue weighted by atomic mass is 10.1. The minimum Gasteiger partial charge on any atom is -0.481 e. The van der Waals surface area contributed by atoms with Crippen LogP contribution >= 0.6 is 0 Å². The minimum absolute atomic E-state index is 0.306. The number of carboxylic acid groups (broad SMARTS) is 1. The average Bonchev–Trinajstić information content (AvgIpc) is 2.20. The molecule has 0 aliphatic rings. The molecule has 4 nitrogen and oxygen atoms in total. The quantitative estimate of drug-likeness (QED) is 0.776. The van der Waals surface area contributed by atoms with E-state index < -0.39 is 5.97 Å². The first-order valence-electron chi connectivity index (χ1n) is 4.98. The van der Waals surface area contributed by atoms with Gasteiger partial charge in [-0.25, -0.2) is 0 Å². The summed E-state index contributed by atoms with van der Waals surface area (Å²) >= 11 is 0. The van der Waals surface area contributed by atoms with E-state index in [-0.39, 0.29) is 5.92 Å². The van der Waals surface area contributed by atoms with Gasteiger partial charge in [-0.2, -0.15) is 0 Å². The van der Waals surface area contributed by atoms with Gasteiger partial charge in [-0.3, -0.25) is 9.78 Å². The summed E-state index contributed by atoms with van der Waals surface area (Å²) in [5.74, 6) is -1.05. The Morgan fingerprint density at radius 2 is 2.40 bits per heavy atom. The molecule has 0 bridgehead atoms. The van der Waals surface area contributed by atoms with Gasteiger partial charge in [0.05, 0.1) is 5.92 Å². The van der Waals surface area contributed by atoms with Crippen LogP contribution in [0.4, 0.5) is 5.69 Å². The monoisotopic (exact) mass is 208 g/mol. The molecule has 0 aliphatic carbocycles. The van der Waals surface area contributed by atoms with Crippen LogP contribution in [0.15, 0.2) is 18.5 Å². The van der Waals surface area contributed by atoms with E-state index in [1.54, 1.807) is 19.3 Å². The van der Waals surface area contributed by atoms with E-state index in [1.807, 2.05) is 13.0 Å². The second-order valence-electron chi connectivity index (χ2n) is 3.65. The summed E-state index contributed by atoms with van der Waals surface area (Å²) in [5.41, 5.74) is 2.09. The maximum absolute atomic E-state index is 10.6. The number of carboxylic acids is 1. The Balaban J connectivity index is 2.38. The third kappa shape index (κ3) is 3.58. The van der Waals surface area contributed by atoms with Gasteiger partial charge in [-0.05, 0) is 25.0 Å². The molecule has 0 fully saturated rings. The number of nitrogens with zero attached hydrogens (tertiary/aromatic N) is 1. The van der Waals surface area contributed by atoms with E-state index >= 15 is 0 Å². The fourth-order valence-corrected chi connectivity index (χ4v) is 1.22. The van der Waals surface area contributed by atoms with Crippen molar-refractivity contribution < 1.29 is 9.90 Å². The third-order valence-corrected chi connectivity index (χ3v) is 2.33. The van der Waals surface area contributed by atoms with Crippen molar-refractivity contribution >= 4 is 11.7 Å². The number of anilines is 1.